The first-order valence-corrected chi connectivity index (χ1v) is 14.2. The first kappa shape index (κ1) is 27.9. The molecule has 0 saturated heterocycles. The molecule has 2 saturated carbocycles. The summed E-state index contributed by atoms with van der Waals surface area (Å²) < 4.78 is 0. The molecule has 1 aromatic heterocycles. The van der Waals surface area contributed by atoms with Gasteiger partial charge in [-0.25, -0.2) is 0 Å². The van der Waals surface area contributed by atoms with Gasteiger partial charge in [0, 0.05) is 12.4 Å². The van der Waals surface area contributed by atoms with Crippen LogP contribution in [0.25, 0.3) is 5.57 Å². The third-order valence-corrected chi connectivity index (χ3v) is 8.90. The van der Waals surface area contributed by atoms with E-state index in [0.717, 1.165) is 23.7 Å². The van der Waals surface area contributed by atoms with Crippen molar-refractivity contribution in [1.29, 1.82) is 0 Å². The van der Waals surface area contributed by atoms with Gasteiger partial charge < -0.3 is 0 Å². The lowest BCUT2D eigenvalue weighted by Crippen LogP contribution is -2.49. The maximum absolute atomic E-state index is 4.40. The monoisotopic (exact) mass is 451 g/mol. The Labute approximate surface area is 206 Å². The van der Waals surface area contributed by atoms with Crippen molar-refractivity contribution in [3.8, 4) is 0 Å². The maximum atomic E-state index is 4.40. The Hall–Kier alpha value is -1.37. The Morgan fingerprint density at radius 3 is 2.21 bits per heavy atom. The number of nitrogens with zero attached hydrogens (tertiary/aromatic N) is 1. The van der Waals surface area contributed by atoms with Crippen molar-refractivity contribution in [3.63, 3.8) is 0 Å². The Morgan fingerprint density at radius 2 is 1.58 bits per heavy atom. The van der Waals surface area contributed by atoms with Gasteiger partial charge in [-0.05, 0) is 96.7 Å². The van der Waals surface area contributed by atoms with Gasteiger partial charge in [-0.2, -0.15) is 0 Å². The van der Waals surface area contributed by atoms with Crippen molar-refractivity contribution < 1.29 is 0 Å². The highest BCUT2D eigenvalue weighted by molar-refractivity contribution is 5.72. The SMILES string of the molecule is CC.CC.CC1CCC2(C)C(=CCC3C2CCC2(C)C(c4cccnc4)=CCC32)C1.CCC. The zero-order valence-corrected chi connectivity index (χ0v) is 23.4. The predicted octanol–water partition coefficient (Wildman–Crippen LogP) is 10.1. The fourth-order valence-electron chi connectivity index (χ4n) is 7.38. The highest BCUT2D eigenvalue weighted by Crippen LogP contribution is 2.66. The molecule has 1 heterocycles. The Morgan fingerprint density at radius 1 is 0.909 bits per heavy atom. The van der Waals surface area contributed by atoms with Gasteiger partial charge in [-0.3, -0.25) is 4.98 Å². The van der Waals surface area contributed by atoms with Gasteiger partial charge in [0.25, 0.3) is 0 Å². The van der Waals surface area contributed by atoms with E-state index in [4.69, 9.17) is 0 Å². The second kappa shape index (κ2) is 12.4. The molecule has 0 aromatic carbocycles. The van der Waals surface area contributed by atoms with Gasteiger partial charge in [-0.15, -0.1) is 0 Å². The first-order chi connectivity index (χ1) is 15.9. The second-order valence-corrected chi connectivity index (χ2v) is 10.9. The lowest BCUT2D eigenvalue weighted by Gasteiger charge is -2.58. The minimum Gasteiger partial charge on any atom is -0.264 e. The van der Waals surface area contributed by atoms with E-state index < -0.39 is 0 Å². The predicted molar refractivity (Wildman–Crippen MR) is 147 cm³/mol. The zero-order valence-electron chi connectivity index (χ0n) is 23.4. The Kier molecular flexibility index (Phi) is 10.4. The Bertz CT molecular complexity index is 775. The molecule has 6 atom stereocenters. The summed E-state index contributed by atoms with van der Waals surface area (Å²) in [4.78, 5) is 4.40. The van der Waals surface area contributed by atoms with Crippen molar-refractivity contribution in [1.82, 2.24) is 4.98 Å². The zero-order chi connectivity index (χ0) is 24.6. The van der Waals surface area contributed by atoms with Gasteiger partial charge in [0.15, 0.2) is 0 Å². The van der Waals surface area contributed by atoms with Crippen LogP contribution in [0.2, 0.25) is 0 Å². The van der Waals surface area contributed by atoms with E-state index >= 15 is 0 Å². The van der Waals surface area contributed by atoms with Crippen LogP contribution in [-0.2, 0) is 0 Å². The summed E-state index contributed by atoms with van der Waals surface area (Å²) in [5, 5.41) is 0. The average Bonchev–Trinajstić information content (AvgIpc) is 3.20. The number of hydrogen-bond donors (Lipinski definition) is 0. The average molecular weight is 452 g/mol. The molecule has 1 heteroatoms. The van der Waals surface area contributed by atoms with E-state index in [1.54, 1.807) is 5.57 Å². The molecule has 0 spiro atoms. The molecule has 0 amide bonds. The van der Waals surface area contributed by atoms with Crippen LogP contribution in [0.15, 0.2) is 42.3 Å². The van der Waals surface area contributed by atoms with Crippen molar-refractivity contribution in [3.05, 3.63) is 47.8 Å². The topological polar surface area (TPSA) is 12.9 Å². The summed E-state index contributed by atoms with van der Waals surface area (Å²) in [6.45, 7) is 19.9. The standard InChI is InChI=1S/C25H33N.C3H8.2C2H6/c1-17-10-12-24(2)19(15-17)6-7-20-22-9-8-21(18-5-4-14-26-16-18)25(22,3)13-11-23(20)24;1-3-2;2*1-2/h4-6,8,14,16-17,20,22-23H,7,9-13,15H2,1-3H3;3H2,1-2H3;2*1-2H3. The number of allylic oxidation sites excluding steroid dienone is 4. The minimum absolute atomic E-state index is 0.355. The molecule has 4 aliphatic rings. The largest absolute Gasteiger partial charge is 0.264 e. The van der Waals surface area contributed by atoms with Gasteiger partial charge in [0.1, 0.15) is 0 Å². The van der Waals surface area contributed by atoms with E-state index in [9.17, 15) is 0 Å². The Balaban J connectivity index is 0.000000501. The van der Waals surface area contributed by atoms with Crippen LogP contribution in [0.1, 0.15) is 119 Å². The second-order valence-electron chi connectivity index (χ2n) is 10.9. The smallest absolute Gasteiger partial charge is 0.0343 e. The summed E-state index contributed by atoms with van der Waals surface area (Å²) >= 11 is 0. The van der Waals surface area contributed by atoms with Gasteiger partial charge in [-0.1, -0.05) is 92.5 Å². The molecule has 186 valence electrons. The molecule has 6 unspecified atom stereocenters. The number of pyridine rings is 1. The molecule has 1 nitrogen and oxygen atoms in total. The fraction of sp³-hybridized carbons (Fsp3) is 0.719. The van der Waals surface area contributed by atoms with Crippen molar-refractivity contribution >= 4 is 5.57 Å². The van der Waals surface area contributed by atoms with E-state index in [2.05, 4.69) is 70.1 Å². The van der Waals surface area contributed by atoms with Crippen LogP contribution in [0.5, 0.6) is 0 Å². The molecule has 5 rings (SSSR count). The minimum atomic E-state index is 0.355. The first-order valence-electron chi connectivity index (χ1n) is 14.2. The molecule has 2 fully saturated rings. The van der Waals surface area contributed by atoms with Crippen LogP contribution in [0, 0.1) is 34.5 Å². The molecule has 0 N–H and O–H groups in total. The number of rotatable bonds is 1. The van der Waals surface area contributed by atoms with E-state index in [1.165, 1.54) is 56.9 Å². The van der Waals surface area contributed by atoms with E-state index in [-0.39, 0.29) is 0 Å². The third-order valence-electron chi connectivity index (χ3n) is 8.90. The molecule has 0 aliphatic heterocycles. The summed E-state index contributed by atoms with van der Waals surface area (Å²) in [7, 11) is 0. The molecule has 4 aliphatic carbocycles. The fourth-order valence-corrected chi connectivity index (χ4v) is 7.38. The molecule has 0 bridgehead atoms. The lowest BCUT2D eigenvalue weighted by atomic mass is 9.47. The molecular formula is C32H53N. The van der Waals surface area contributed by atoms with Crippen molar-refractivity contribution in [2.24, 2.45) is 34.5 Å². The maximum Gasteiger partial charge on any atom is 0.0343 e. The van der Waals surface area contributed by atoms with Crippen LogP contribution in [0.3, 0.4) is 0 Å². The normalized spacial score (nSPS) is 35.9. The summed E-state index contributed by atoms with van der Waals surface area (Å²) in [6, 6.07) is 4.36. The molecule has 0 radical (unpaired) electrons. The lowest BCUT2D eigenvalue weighted by molar-refractivity contribution is -0.0137. The van der Waals surface area contributed by atoms with Crippen LogP contribution < -0.4 is 0 Å². The molecule has 1 aromatic rings. The van der Waals surface area contributed by atoms with Gasteiger partial charge in [0.05, 0.1) is 0 Å². The van der Waals surface area contributed by atoms with Gasteiger partial charge >= 0.3 is 0 Å². The number of hydrogen-bond acceptors (Lipinski definition) is 1. The molecular weight excluding hydrogens is 398 g/mol. The number of aromatic nitrogens is 1. The van der Waals surface area contributed by atoms with Crippen molar-refractivity contribution in [2.75, 3.05) is 0 Å². The highest BCUT2D eigenvalue weighted by atomic mass is 14.6. The van der Waals surface area contributed by atoms with Crippen LogP contribution in [-0.4, -0.2) is 4.98 Å². The summed E-state index contributed by atoms with van der Waals surface area (Å²) in [5.41, 5.74) is 5.62. The van der Waals surface area contributed by atoms with E-state index in [1.807, 2.05) is 39.5 Å². The van der Waals surface area contributed by atoms with Crippen molar-refractivity contribution in [2.45, 2.75) is 114 Å². The van der Waals surface area contributed by atoms with Gasteiger partial charge in [0.2, 0.25) is 0 Å². The van der Waals surface area contributed by atoms with Crippen LogP contribution >= 0.6 is 0 Å². The third kappa shape index (κ3) is 5.33. The van der Waals surface area contributed by atoms with E-state index in [0.29, 0.717) is 10.8 Å². The highest BCUT2D eigenvalue weighted by Gasteiger charge is 2.56. The quantitative estimate of drug-likeness (QED) is 0.387. The van der Waals surface area contributed by atoms with Crippen LogP contribution in [0.4, 0.5) is 0 Å². The summed E-state index contributed by atoms with van der Waals surface area (Å²) in [6.07, 6.45) is 20.1. The number of fused-ring (bicyclic) bond motifs is 5. The molecule has 33 heavy (non-hydrogen) atoms. The summed E-state index contributed by atoms with van der Waals surface area (Å²) in [5.74, 6) is 3.51.